The Morgan fingerprint density at radius 2 is 1.96 bits per heavy atom. The van der Waals surface area contributed by atoms with Crippen LogP contribution in [0, 0.1) is 0 Å². The van der Waals surface area contributed by atoms with Crippen molar-refractivity contribution >= 4 is 11.6 Å². The lowest BCUT2D eigenvalue weighted by Gasteiger charge is -2.30. The van der Waals surface area contributed by atoms with Gasteiger partial charge in [0.05, 0.1) is 0 Å². The lowest BCUT2D eigenvalue weighted by Crippen LogP contribution is -2.29. The molecule has 0 spiro atoms. The molecule has 0 aromatic heterocycles. The minimum Gasteiger partial charge on any atom is -0.488 e. The van der Waals surface area contributed by atoms with Crippen LogP contribution < -0.4 is 4.74 Å². The summed E-state index contributed by atoms with van der Waals surface area (Å²) in [5.74, 6) is 0.706. The summed E-state index contributed by atoms with van der Waals surface area (Å²) in [6.07, 6.45) is 1.50. The van der Waals surface area contributed by atoms with Gasteiger partial charge in [0.25, 0.3) is 0 Å². The number of hydrogen-bond donors (Lipinski definition) is 1. The summed E-state index contributed by atoms with van der Waals surface area (Å²) in [5, 5.41) is 12.2. The van der Waals surface area contributed by atoms with E-state index in [0.29, 0.717) is 23.8 Å². The van der Waals surface area contributed by atoms with Crippen LogP contribution in [0.25, 0.3) is 0 Å². The Hall–Kier alpha value is -1.55. The van der Waals surface area contributed by atoms with E-state index in [1.54, 1.807) is 6.07 Å². The van der Waals surface area contributed by atoms with Gasteiger partial charge in [0, 0.05) is 10.6 Å². The zero-order valence-electron chi connectivity index (χ0n) is 13.6. The van der Waals surface area contributed by atoms with E-state index in [1.165, 1.54) is 0 Å². The van der Waals surface area contributed by atoms with Crippen LogP contribution in [0.5, 0.6) is 5.75 Å². The summed E-state index contributed by atoms with van der Waals surface area (Å²) in [6.45, 7) is 1.38. The number of fused-ring (bicyclic) bond motifs is 2. The summed E-state index contributed by atoms with van der Waals surface area (Å²) < 4.78 is 5.92. The molecular weight excluding hydrogens is 310 g/mol. The van der Waals surface area contributed by atoms with Crippen LogP contribution >= 0.6 is 11.6 Å². The first-order valence-electron chi connectivity index (χ1n) is 7.89. The topological polar surface area (TPSA) is 32.7 Å². The SMILES string of the molecule is CN(C)CCC[C@@]1(O)c2ccccc2COc2ccc(Cl)cc21. The summed E-state index contributed by atoms with van der Waals surface area (Å²) in [6, 6.07) is 13.4. The molecule has 3 rings (SSSR count). The summed E-state index contributed by atoms with van der Waals surface area (Å²) in [7, 11) is 4.08. The number of nitrogens with zero attached hydrogens (tertiary/aromatic N) is 1. The molecule has 0 fully saturated rings. The van der Waals surface area contributed by atoms with Crippen molar-refractivity contribution in [1.82, 2.24) is 4.90 Å². The highest BCUT2D eigenvalue weighted by atomic mass is 35.5. The van der Waals surface area contributed by atoms with Gasteiger partial charge in [-0.2, -0.15) is 0 Å². The van der Waals surface area contributed by atoms with Crippen molar-refractivity contribution < 1.29 is 9.84 Å². The summed E-state index contributed by atoms with van der Waals surface area (Å²) in [4.78, 5) is 2.13. The average molecular weight is 332 g/mol. The van der Waals surface area contributed by atoms with Crippen molar-refractivity contribution in [3.8, 4) is 5.75 Å². The van der Waals surface area contributed by atoms with Crippen molar-refractivity contribution in [3.63, 3.8) is 0 Å². The molecule has 0 saturated carbocycles. The van der Waals surface area contributed by atoms with Crippen LogP contribution in [0.1, 0.15) is 29.5 Å². The maximum Gasteiger partial charge on any atom is 0.126 e. The highest BCUT2D eigenvalue weighted by Crippen LogP contribution is 2.44. The maximum atomic E-state index is 11.6. The second-order valence-corrected chi connectivity index (χ2v) is 6.79. The smallest absolute Gasteiger partial charge is 0.126 e. The molecule has 1 atom stereocenters. The van der Waals surface area contributed by atoms with E-state index in [9.17, 15) is 5.11 Å². The molecule has 0 radical (unpaired) electrons. The lowest BCUT2D eigenvalue weighted by molar-refractivity contribution is 0.0658. The first kappa shape index (κ1) is 16.3. The lowest BCUT2D eigenvalue weighted by atomic mass is 9.80. The van der Waals surface area contributed by atoms with Crippen LogP contribution in [0.3, 0.4) is 0 Å². The first-order valence-corrected chi connectivity index (χ1v) is 8.27. The monoisotopic (exact) mass is 331 g/mol. The molecule has 0 bridgehead atoms. The molecular formula is C19H22ClNO2. The molecule has 0 saturated heterocycles. The van der Waals surface area contributed by atoms with E-state index in [1.807, 2.05) is 50.5 Å². The minimum absolute atomic E-state index is 0.459. The Kier molecular flexibility index (Phi) is 4.62. The third-order valence-corrected chi connectivity index (χ3v) is 4.61. The molecule has 3 nitrogen and oxygen atoms in total. The van der Waals surface area contributed by atoms with Crippen molar-refractivity contribution in [1.29, 1.82) is 0 Å². The zero-order chi connectivity index (χ0) is 16.4. The molecule has 1 N–H and O–H groups in total. The van der Waals surface area contributed by atoms with E-state index >= 15 is 0 Å². The Morgan fingerprint density at radius 3 is 2.74 bits per heavy atom. The molecule has 1 aliphatic rings. The predicted octanol–water partition coefficient (Wildman–Crippen LogP) is 3.81. The second kappa shape index (κ2) is 6.52. The van der Waals surface area contributed by atoms with Crippen LogP contribution in [0.2, 0.25) is 5.02 Å². The molecule has 0 aliphatic carbocycles. The maximum absolute atomic E-state index is 11.6. The molecule has 0 amide bonds. The molecule has 2 aromatic rings. The third-order valence-electron chi connectivity index (χ3n) is 4.38. The molecule has 1 aliphatic heterocycles. The molecule has 0 unspecified atom stereocenters. The fourth-order valence-corrected chi connectivity index (χ4v) is 3.39. The molecule has 1 heterocycles. The van der Waals surface area contributed by atoms with Gasteiger partial charge in [0.2, 0.25) is 0 Å². The van der Waals surface area contributed by atoms with Crippen molar-refractivity contribution in [2.45, 2.75) is 25.0 Å². The zero-order valence-corrected chi connectivity index (χ0v) is 14.3. The third kappa shape index (κ3) is 3.23. The number of hydrogen-bond acceptors (Lipinski definition) is 3. The fourth-order valence-electron chi connectivity index (χ4n) is 3.22. The van der Waals surface area contributed by atoms with Gasteiger partial charge in [0.15, 0.2) is 0 Å². The normalized spacial score (nSPS) is 19.7. The van der Waals surface area contributed by atoms with Crippen LogP contribution in [0.4, 0.5) is 0 Å². The highest BCUT2D eigenvalue weighted by molar-refractivity contribution is 6.30. The van der Waals surface area contributed by atoms with Gasteiger partial charge >= 0.3 is 0 Å². The molecule has 4 heteroatoms. The number of rotatable bonds is 4. The standard InChI is InChI=1S/C19H22ClNO2/c1-21(2)11-5-10-19(22)16-7-4-3-6-14(16)13-23-18-9-8-15(20)12-17(18)19/h3-4,6-9,12,22H,5,10-11,13H2,1-2H3/t19-/m1/s1. The number of benzene rings is 2. The van der Waals surface area contributed by atoms with Gasteiger partial charge in [-0.3, -0.25) is 0 Å². The molecule has 23 heavy (non-hydrogen) atoms. The van der Waals surface area contributed by atoms with E-state index in [2.05, 4.69) is 4.90 Å². The van der Waals surface area contributed by atoms with Gasteiger partial charge in [-0.25, -0.2) is 0 Å². The van der Waals surface area contributed by atoms with Crippen molar-refractivity contribution in [3.05, 3.63) is 64.2 Å². The highest BCUT2D eigenvalue weighted by Gasteiger charge is 2.37. The Labute approximate surface area is 142 Å². The quantitative estimate of drug-likeness (QED) is 0.924. The van der Waals surface area contributed by atoms with E-state index in [4.69, 9.17) is 16.3 Å². The van der Waals surface area contributed by atoms with Gasteiger partial charge in [-0.15, -0.1) is 0 Å². The van der Waals surface area contributed by atoms with E-state index in [0.717, 1.165) is 29.7 Å². The van der Waals surface area contributed by atoms with Gasteiger partial charge < -0.3 is 14.7 Å². The van der Waals surface area contributed by atoms with E-state index < -0.39 is 5.60 Å². The van der Waals surface area contributed by atoms with Crippen molar-refractivity contribution in [2.24, 2.45) is 0 Å². The Morgan fingerprint density at radius 1 is 1.17 bits per heavy atom. The van der Waals surface area contributed by atoms with Crippen LogP contribution in [-0.2, 0) is 12.2 Å². The number of aliphatic hydroxyl groups is 1. The number of ether oxygens (including phenoxy) is 1. The molecule has 2 aromatic carbocycles. The fraction of sp³-hybridized carbons (Fsp3) is 0.368. The summed E-state index contributed by atoms with van der Waals surface area (Å²) in [5.41, 5.74) is 1.62. The van der Waals surface area contributed by atoms with Gasteiger partial charge in [0.1, 0.15) is 18.0 Å². The van der Waals surface area contributed by atoms with Crippen LogP contribution in [0.15, 0.2) is 42.5 Å². The Bertz CT molecular complexity index is 702. The number of halogens is 1. The largest absolute Gasteiger partial charge is 0.488 e. The first-order chi connectivity index (χ1) is 11.0. The summed E-state index contributed by atoms with van der Waals surface area (Å²) >= 11 is 6.19. The minimum atomic E-state index is -1.08. The van der Waals surface area contributed by atoms with Gasteiger partial charge in [-0.1, -0.05) is 35.9 Å². The van der Waals surface area contributed by atoms with Gasteiger partial charge in [-0.05, 0) is 62.8 Å². The second-order valence-electron chi connectivity index (χ2n) is 6.35. The van der Waals surface area contributed by atoms with Crippen LogP contribution in [-0.4, -0.2) is 30.6 Å². The van der Waals surface area contributed by atoms with E-state index in [-0.39, 0.29) is 0 Å². The average Bonchev–Trinajstić information content (AvgIpc) is 2.64. The Balaban J connectivity index is 2.09. The van der Waals surface area contributed by atoms with Crippen molar-refractivity contribution in [2.75, 3.05) is 20.6 Å². The predicted molar refractivity (Wildman–Crippen MR) is 93.0 cm³/mol. The molecule has 122 valence electrons.